The fourth-order valence-electron chi connectivity index (χ4n) is 2.18. The third kappa shape index (κ3) is 6.29. The van der Waals surface area contributed by atoms with E-state index in [4.69, 9.17) is 0 Å². The maximum atomic E-state index is 12.4. The van der Waals surface area contributed by atoms with Crippen LogP contribution in [-0.2, 0) is 16.1 Å². The summed E-state index contributed by atoms with van der Waals surface area (Å²) in [4.78, 5) is 24.3. The topological polar surface area (TPSA) is 58.2 Å². The van der Waals surface area contributed by atoms with Gasteiger partial charge in [-0.25, -0.2) is 0 Å². The van der Waals surface area contributed by atoms with E-state index in [2.05, 4.69) is 10.6 Å². The second-order valence-corrected chi connectivity index (χ2v) is 5.74. The summed E-state index contributed by atoms with van der Waals surface area (Å²) in [5, 5.41) is 5.81. The number of amides is 2. The SMILES string of the molecule is CCCCC(=O)NC(C(=O)NCc1ccccc1)C(C)CC. The van der Waals surface area contributed by atoms with Crippen LogP contribution in [0.15, 0.2) is 30.3 Å². The van der Waals surface area contributed by atoms with Crippen LogP contribution < -0.4 is 10.6 Å². The van der Waals surface area contributed by atoms with E-state index in [-0.39, 0.29) is 17.7 Å². The second-order valence-electron chi connectivity index (χ2n) is 5.74. The summed E-state index contributed by atoms with van der Waals surface area (Å²) in [7, 11) is 0. The largest absolute Gasteiger partial charge is 0.350 e. The molecule has 2 N–H and O–H groups in total. The third-order valence-corrected chi connectivity index (χ3v) is 3.88. The van der Waals surface area contributed by atoms with E-state index in [9.17, 15) is 9.59 Å². The maximum Gasteiger partial charge on any atom is 0.243 e. The molecule has 0 saturated heterocycles. The number of hydrogen-bond donors (Lipinski definition) is 2. The Morgan fingerprint density at radius 1 is 1.14 bits per heavy atom. The van der Waals surface area contributed by atoms with E-state index in [1.54, 1.807) is 0 Å². The molecule has 122 valence electrons. The predicted octanol–water partition coefficient (Wildman–Crippen LogP) is 3.02. The molecule has 0 radical (unpaired) electrons. The Morgan fingerprint density at radius 2 is 1.82 bits per heavy atom. The number of unbranched alkanes of at least 4 members (excludes halogenated alkanes) is 1. The molecule has 1 rings (SSSR count). The Balaban J connectivity index is 2.58. The highest BCUT2D eigenvalue weighted by atomic mass is 16.2. The molecular formula is C18H28N2O2. The summed E-state index contributed by atoms with van der Waals surface area (Å²) in [5.74, 6) is -0.0357. The molecule has 0 bridgehead atoms. The Bertz CT molecular complexity index is 459. The summed E-state index contributed by atoms with van der Waals surface area (Å²) >= 11 is 0. The molecule has 0 fully saturated rings. The first-order valence-electron chi connectivity index (χ1n) is 8.19. The van der Waals surface area contributed by atoms with E-state index in [0.717, 1.165) is 24.8 Å². The average Bonchev–Trinajstić information content (AvgIpc) is 2.55. The van der Waals surface area contributed by atoms with E-state index in [1.165, 1.54) is 0 Å². The zero-order valence-corrected chi connectivity index (χ0v) is 13.9. The highest BCUT2D eigenvalue weighted by molar-refractivity contribution is 5.87. The molecule has 0 spiro atoms. The van der Waals surface area contributed by atoms with Gasteiger partial charge in [0.2, 0.25) is 11.8 Å². The summed E-state index contributed by atoms with van der Waals surface area (Å²) < 4.78 is 0. The van der Waals surface area contributed by atoms with Crippen LogP contribution in [0.1, 0.15) is 52.0 Å². The molecule has 2 unspecified atom stereocenters. The molecule has 1 aromatic carbocycles. The molecule has 0 saturated carbocycles. The molecule has 0 aliphatic carbocycles. The number of rotatable bonds is 9. The summed E-state index contributed by atoms with van der Waals surface area (Å²) in [6, 6.07) is 9.32. The quantitative estimate of drug-likeness (QED) is 0.737. The van der Waals surface area contributed by atoms with E-state index in [1.807, 2.05) is 51.1 Å². The first-order chi connectivity index (χ1) is 10.6. The van der Waals surface area contributed by atoms with Gasteiger partial charge in [0, 0.05) is 13.0 Å². The highest BCUT2D eigenvalue weighted by Gasteiger charge is 2.25. The Hall–Kier alpha value is -1.84. The van der Waals surface area contributed by atoms with Crippen molar-refractivity contribution in [2.24, 2.45) is 5.92 Å². The summed E-state index contributed by atoms with van der Waals surface area (Å²) in [6.45, 7) is 6.55. The van der Waals surface area contributed by atoms with Crippen molar-refractivity contribution in [2.45, 2.75) is 59.0 Å². The zero-order valence-electron chi connectivity index (χ0n) is 13.9. The molecule has 0 aliphatic rings. The molecular weight excluding hydrogens is 276 g/mol. The first kappa shape index (κ1) is 18.2. The van der Waals surface area contributed by atoms with Crippen molar-refractivity contribution in [3.63, 3.8) is 0 Å². The fourth-order valence-corrected chi connectivity index (χ4v) is 2.18. The van der Waals surface area contributed by atoms with Crippen LogP contribution >= 0.6 is 0 Å². The van der Waals surface area contributed by atoms with Crippen LogP contribution in [0.5, 0.6) is 0 Å². The molecule has 0 aliphatic heterocycles. The molecule has 22 heavy (non-hydrogen) atoms. The van der Waals surface area contributed by atoms with Gasteiger partial charge in [-0.15, -0.1) is 0 Å². The van der Waals surface area contributed by atoms with Gasteiger partial charge in [-0.3, -0.25) is 9.59 Å². The van der Waals surface area contributed by atoms with Crippen molar-refractivity contribution >= 4 is 11.8 Å². The minimum absolute atomic E-state index is 0.0398. The van der Waals surface area contributed by atoms with Gasteiger partial charge in [0.15, 0.2) is 0 Å². The smallest absolute Gasteiger partial charge is 0.243 e. The van der Waals surface area contributed by atoms with Gasteiger partial charge in [-0.05, 0) is 17.9 Å². The summed E-state index contributed by atoms with van der Waals surface area (Å²) in [6.07, 6.45) is 3.15. The normalized spacial score (nSPS) is 13.2. The lowest BCUT2D eigenvalue weighted by atomic mass is 9.98. The second kappa shape index (κ2) is 9.98. The molecule has 0 aromatic heterocycles. The summed E-state index contributed by atoms with van der Waals surface area (Å²) in [5.41, 5.74) is 1.05. The van der Waals surface area contributed by atoms with Crippen molar-refractivity contribution in [3.8, 4) is 0 Å². The zero-order chi connectivity index (χ0) is 16.4. The van der Waals surface area contributed by atoms with Crippen molar-refractivity contribution in [1.29, 1.82) is 0 Å². The predicted molar refractivity (Wildman–Crippen MR) is 89.2 cm³/mol. The number of carbonyl (C=O) groups is 2. The molecule has 1 aromatic rings. The molecule has 2 amide bonds. The van der Waals surface area contributed by atoms with Crippen LogP contribution in [0.2, 0.25) is 0 Å². The van der Waals surface area contributed by atoms with E-state index >= 15 is 0 Å². The van der Waals surface area contributed by atoms with E-state index < -0.39 is 6.04 Å². The number of benzene rings is 1. The van der Waals surface area contributed by atoms with E-state index in [0.29, 0.717) is 13.0 Å². The lowest BCUT2D eigenvalue weighted by Crippen LogP contribution is -2.50. The lowest BCUT2D eigenvalue weighted by molar-refractivity contribution is -0.130. The lowest BCUT2D eigenvalue weighted by Gasteiger charge is -2.23. The molecule has 2 atom stereocenters. The first-order valence-corrected chi connectivity index (χ1v) is 8.19. The Morgan fingerprint density at radius 3 is 2.41 bits per heavy atom. The van der Waals surface area contributed by atoms with Crippen molar-refractivity contribution in [3.05, 3.63) is 35.9 Å². The highest BCUT2D eigenvalue weighted by Crippen LogP contribution is 2.09. The number of carbonyl (C=O) groups excluding carboxylic acids is 2. The molecule has 0 heterocycles. The molecule has 4 nitrogen and oxygen atoms in total. The third-order valence-electron chi connectivity index (χ3n) is 3.88. The monoisotopic (exact) mass is 304 g/mol. The van der Waals surface area contributed by atoms with Gasteiger partial charge >= 0.3 is 0 Å². The van der Waals surface area contributed by atoms with Gasteiger partial charge in [0.05, 0.1) is 0 Å². The van der Waals surface area contributed by atoms with Gasteiger partial charge in [-0.2, -0.15) is 0 Å². The van der Waals surface area contributed by atoms with Crippen molar-refractivity contribution in [1.82, 2.24) is 10.6 Å². The Kier molecular flexibility index (Phi) is 8.26. The Labute approximate surface area is 133 Å². The molecule has 4 heteroatoms. The van der Waals surface area contributed by atoms with Crippen LogP contribution in [-0.4, -0.2) is 17.9 Å². The minimum atomic E-state index is -0.460. The van der Waals surface area contributed by atoms with Gasteiger partial charge < -0.3 is 10.6 Å². The van der Waals surface area contributed by atoms with Crippen LogP contribution in [0.3, 0.4) is 0 Å². The van der Waals surface area contributed by atoms with Crippen molar-refractivity contribution in [2.75, 3.05) is 0 Å². The fraction of sp³-hybridized carbons (Fsp3) is 0.556. The van der Waals surface area contributed by atoms with Gasteiger partial charge in [0.25, 0.3) is 0 Å². The van der Waals surface area contributed by atoms with Crippen molar-refractivity contribution < 1.29 is 9.59 Å². The van der Waals surface area contributed by atoms with Crippen LogP contribution in [0.4, 0.5) is 0 Å². The van der Waals surface area contributed by atoms with Crippen LogP contribution in [0.25, 0.3) is 0 Å². The minimum Gasteiger partial charge on any atom is -0.350 e. The maximum absolute atomic E-state index is 12.4. The van der Waals surface area contributed by atoms with Crippen LogP contribution in [0, 0.1) is 5.92 Å². The number of nitrogens with one attached hydrogen (secondary N) is 2. The average molecular weight is 304 g/mol. The van der Waals surface area contributed by atoms with Gasteiger partial charge in [-0.1, -0.05) is 63.9 Å². The number of hydrogen-bond acceptors (Lipinski definition) is 2. The van der Waals surface area contributed by atoms with Gasteiger partial charge in [0.1, 0.15) is 6.04 Å². The standard InChI is InChI=1S/C18H28N2O2/c1-4-6-12-16(21)20-17(14(3)5-2)18(22)19-13-15-10-8-7-9-11-15/h7-11,14,17H,4-6,12-13H2,1-3H3,(H,19,22)(H,20,21).